The molecule has 2 bridgehead atoms. The predicted octanol–water partition coefficient (Wildman–Crippen LogP) is 4.01. The van der Waals surface area contributed by atoms with Gasteiger partial charge in [0.05, 0.1) is 20.1 Å². The third kappa shape index (κ3) is 2.96. The van der Waals surface area contributed by atoms with Gasteiger partial charge in [0.1, 0.15) is 0 Å². The Bertz CT molecular complexity index is 809. The standard InChI is InChI=1S/C22H26O5/c1-7-8-16-12-22(26-6)14(3)20(19(13(16)2)21(23)27-22)15-9-10-17(24-4)18(11-15)25-5/h7,9-12,14,19-20H,1-2,8H2,3-6H3/t14-,19+,20-,22+/m0/s1. The van der Waals surface area contributed by atoms with Gasteiger partial charge in [-0.25, -0.2) is 0 Å². The van der Waals surface area contributed by atoms with Crippen LogP contribution in [0.5, 0.6) is 11.5 Å². The van der Waals surface area contributed by atoms with E-state index in [0.717, 1.165) is 16.7 Å². The number of ether oxygens (including phenoxy) is 4. The molecule has 0 radical (unpaired) electrons. The molecule has 4 rings (SSSR count). The molecule has 0 unspecified atom stereocenters. The Balaban J connectivity index is 2.16. The van der Waals surface area contributed by atoms with E-state index in [9.17, 15) is 4.79 Å². The van der Waals surface area contributed by atoms with Gasteiger partial charge in [0, 0.05) is 18.9 Å². The number of allylic oxidation sites excluding steroid dienone is 2. The van der Waals surface area contributed by atoms with Crippen LogP contribution in [0.2, 0.25) is 0 Å². The molecule has 1 aromatic carbocycles. The summed E-state index contributed by atoms with van der Waals surface area (Å²) in [4.78, 5) is 12.9. The third-order valence-corrected chi connectivity index (χ3v) is 5.69. The van der Waals surface area contributed by atoms with Crippen LogP contribution in [0.1, 0.15) is 24.8 Å². The first-order valence-electron chi connectivity index (χ1n) is 8.94. The number of methoxy groups -OCH3 is 3. The minimum atomic E-state index is -1.14. The molecule has 1 aliphatic carbocycles. The Morgan fingerprint density at radius 1 is 1.22 bits per heavy atom. The fraction of sp³-hybridized carbons (Fsp3) is 0.409. The average Bonchev–Trinajstić information content (AvgIpc) is 2.83. The van der Waals surface area contributed by atoms with Crippen LogP contribution in [0, 0.1) is 11.8 Å². The Morgan fingerprint density at radius 3 is 2.52 bits per heavy atom. The van der Waals surface area contributed by atoms with E-state index >= 15 is 0 Å². The second-order valence-corrected chi connectivity index (χ2v) is 6.94. The molecule has 0 spiro atoms. The lowest BCUT2D eigenvalue weighted by Gasteiger charge is -2.44. The molecule has 0 amide bonds. The van der Waals surface area contributed by atoms with Crippen LogP contribution in [0.3, 0.4) is 0 Å². The first kappa shape index (κ1) is 19.2. The van der Waals surface area contributed by atoms with E-state index in [0.29, 0.717) is 17.9 Å². The number of fused-ring (bicyclic) bond motifs is 3. The lowest BCUT2D eigenvalue weighted by molar-refractivity contribution is -0.239. The summed E-state index contributed by atoms with van der Waals surface area (Å²) >= 11 is 0. The number of benzene rings is 1. The molecule has 144 valence electrons. The largest absolute Gasteiger partial charge is 0.493 e. The Kier molecular flexibility index (Phi) is 5.16. The fourth-order valence-corrected chi connectivity index (χ4v) is 4.23. The number of hydrogen-bond acceptors (Lipinski definition) is 5. The summed E-state index contributed by atoms with van der Waals surface area (Å²) in [6.07, 6.45) is 4.29. The van der Waals surface area contributed by atoms with Crippen molar-refractivity contribution in [2.75, 3.05) is 21.3 Å². The van der Waals surface area contributed by atoms with Gasteiger partial charge in [0.25, 0.3) is 0 Å². The van der Waals surface area contributed by atoms with Crippen LogP contribution >= 0.6 is 0 Å². The number of carbonyl (C=O) groups excluding carboxylic acids is 1. The summed E-state index contributed by atoms with van der Waals surface area (Å²) in [5.41, 5.74) is 2.64. The maximum atomic E-state index is 12.9. The zero-order valence-corrected chi connectivity index (χ0v) is 16.3. The van der Waals surface area contributed by atoms with Crippen molar-refractivity contribution < 1.29 is 23.7 Å². The molecule has 0 aromatic heterocycles. The molecule has 0 N–H and O–H groups in total. The van der Waals surface area contributed by atoms with E-state index in [-0.39, 0.29) is 17.8 Å². The van der Waals surface area contributed by atoms with Crippen molar-refractivity contribution in [2.24, 2.45) is 11.8 Å². The molecular formula is C22H26O5. The molecule has 1 fully saturated rings. The first-order chi connectivity index (χ1) is 12.9. The molecule has 5 nitrogen and oxygen atoms in total. The van der Waals surface area contributed by atoms with Crippen molar-refractivity contribution in [1.82, 2.24) is 0 Å². The summed E-state index contributed by atoms with van der Waals surface area (Å²) in [5.74, 6) is -0.985. The molecule has 27 heavy (non-hydrogen) atoms. The number of carbonyl (C=O) groups is 1. The SMILES string of the molecule is C=CCC1=C[C@@]2(OC)OC(=O)[C@H](C1=C)[C@H](c1ccc(OC)c(OC)c1)[C@@H]2C. The van der Waals surface area contributed by atoms with Crippen LogP contribution in [-0.2, 0) is 14.3 Å². The number of hydrogen-bond donors (Lipinski definition) is 0. The molecule has 2 aliphatic heterocycles. The lowest BCUT2D eigenvalue weighted by atomic mass is 9.71. The number of rotatable bonds is 6. The van der Waals surface area contributed by atoms with Crippen LogP contribution in [0.15, 0.2) is 54.7 Å². The minimum absolute atomic E-state index is 0.123. The van der Waals surface area contributed by atoms with E-state index in [1.807, 2.05) is 31.2 Å². The van der Waals surface area contributed by atoms with Crippen molar-refractivity contribution in [3.63, 3.8) is 0 Å². The molecule has 1 aromatic rings. The van der Waals surface area contributed by atoms with Crippen molar-refractivity contribution in [3.05, 3.63) is 60.2 Å². The van der Waals surface area contributed by atoms with Crippen LogP contribution < -0.4 is 9.47 Å². The monoisotopic (exact) mass is 370 g/mol. The molecule has 3 aliphatic rings. The molecule has 4 atom stereocenters. The zero-order chi connectivity index (χ0) is 19.8. The lowest BCUT2D eigenvalue weighted by Crippen LogP contribution is -2.51. The second kappa shape index (κ2) is 7.24. The first-order valence-corrected chi connectivity index (χ1v) is 8.94. The average molecular weight is 370 g/mol. The summed E-state index contributed by atoms with van der Waals surface area (Å²) in [6.45, 7) is 10.1. The summed E-state index contributed by atoms with van der Waals surface area (Å²) in [7, 11) is 4.75. The van der Waals surface area contributed by atoms with Crippen LogP contribution in [-0.4, -0.2) is 33.1 Å². The topological polar surface area (TPSA) is 54.0 Å². The van der Waals surface area contributed by atoms with Crippen molar-refractivity contribution in [1.29, 1.82) is 0 Å². The highest BCUT2D eigenvalue weighted by Gasteiger charge is 2.56. The van der Waals surface area contributed by atoms with Crippen molar-refractivity contribution >= 4 is 5.97 Å². The summed E-state index contributed by atoms with van der Waals surface area (Å²) < 4.78 is 22.3. The Morgan fingerprint density at radius 2 is 1.93 bits per heavy atom. The molecular weight excluding hydrogens is 344 g/mol. The Labute approximate surface area is 160 Å². The van der Waals surface area contributed by atoms with Gasteiger partial charge in [-0.05, 0) is 41.3 Å². The van der Waals surface area contributed by atoms with Gasteiger partial charge in [0.2, 0.25) is 5.79 Å². The van der Waals surface area contributed by atoms with Gasteiger partial charge >= 0.3 is 5.97 Å². The van der Waals surface area contributed by atoms with Gasteiger partial charge < -0.3 is 18.9 Å². The molecule has 1 saturated heterocycles. The van der Waals surface area contributed by atoms with Gasteiger partial charge in [-0.1, -0.05) is 25.6 Å². The van der Waals surface area contributed by atoms with Crippen LogP contribution in [0.4, 0.5) is 0 Å². The van der Waals surface area contributed by atoms with Crippen molar-refractivity contribution in [3.8, 4) is 11.5 Å². The minimum Gasteiger partial charge on any atom is -0.493 e. The smallest absolute Gasteiger partial charge is 0.316 e. The Hall–Kier alpha value is -2.53. The van der Waals surface area contributed by atoms with E-state index < -0.39 is 11.7 Å². The van der Waals surface area contributed by atoms with E-state index in [2.05, 4.69) is 13.2 Å². The highest BCUT2D eigenvalue weighted by Crippen LogP contribution is 2.53. The summed E-state index contributed by atoms with van der Waals surface area (Å²) in [5, 5.41) is 0. The predicted molar refractivity (Wildman–Crippen MR) is 103 cm³/mol. The third-order valence-electron chi connectivity index (χ3n) is 5.69. The van der Waals surface area contributed by atoms with Gasteiger partial charge in [-0.3, -0.25) is 4.79 Å². The maximum absolute atomic E-state index is 12.9. The van der Waals surface area contributed by atoms with Gasteiger partial charge in [0.15, 0.2) is 11.5 Å². The zero-order valence-electron chi connectivity index (χ0n) is 16.3. The number of esters is 1. The highest BCUT2D eigenvalue weighted by atomic mass is 16.7. The van der Waals surface area contributed by atoms with E-state index in [1.165, 1.54) is 0 Å². The van der Waals surface area contributed by atoms with E-state index in [4.69, 9.17) is 18.9 Å². The quantitative estimate of drug-likeness (QED) is 0.559. The highest BCUT2D eigenvalue weighted by molar-refractivity contribution is 5.81. The van der Waals surface area contributed by atoms with E-state index in [1.54, 1.807) is 27.4 Å². The second-order valence-electron chi connectivity index (χ2n) is 6.94. The molecule has 5 heteroatoms. The fourth-order valence-electron chi connectivity index (χ4n) is 4.23. The normalized spacial score (nSPS) is 29.6. The van der Waals surface area contributed by atoms with Gasteiger partial charge in [-0.2, -0.15) is 0 Å². The van der Waals surface area contributed by atoms with Crippen LogP contribution in [0.25, 0.3) is 0 Å². The van der Waals surface area contributed by atoms with Crippen molar-refractivity contribution in [2.45, 2.75) is 25.0 Å². The summed E-state index contributed by atoms with van der Waals surface area (Å²) in [6, 6.07) is 5.73. The molecule has 2 heterocycles. The molecule has 0 saturated carbocycles. The van der Waals surface area contributed by atoms with Gasteiger partial charge in [-0.15, -0.1) is 6.58 Å². The maximum Gasteiger partial charge on any atom is 0.316 e.